The molecule has 5 heteroatoms. The number of hydrogen-bond donors (Lipinski definition) is 1. The van der Waals surface area contributed by atoms with Gasteiger partial charge in [-0.05, 0) is 25.0 Å². The summed E-state index contributed by atoms with van der Waals surface area (Å²) in [6.07, 6.45) is 1.36. The van der Waals surface area contributed by atoms with Crippen LogP contribution >= 0.6 is 0 Å². The summed E-state index contributed by atoms with van der Waals surface area (Å²) in [6.45, 7) is 2.09. The summed E-state index contributed by atoms with van der Waals surface area (Å²) in [5.74, 6) is 0. The van der Waals surface area contributed by atoms with Crippen LogP contribution < -0.4 is 5.73 Å². The van der Waals surface area contributed by atoms with Gasteiger partial charge >= 0.3 is 0 Å². The van der Waals surface area contributed by atoms with Crippen LogP contribution in [0, 0.1) is 0 Å². The highest BCUT2D eigenvalue weighted by atomic mass is 32.2. The molecular formula is C11H17NO3S. The van der Waals surface area contributed by atoms with Crippen molar-refractivity contribution in [3.63, 3.8) is 0 Å². The maximum absolute atomic E-state index is 11.6. The summed E-state index contributed by atoms with van der Waals surface area (Å²) in [7, 11) is -3.62. The molecule has 0 aliphatic carbocycles. The molecule has 2 N–H and O–H groups in total. The van der Waals surface area contributed by atoms with Crippen molar-refractivity contribution in [3.8, 4) is 0 Å². The predicted octanol–water partition coefficient (Wildman–Crippen LogP) is 1.52. The van der Waals surface area contributed by atoms with Crippen molar-refractivity contribution in [1.29, 1.82) is 0 Å². The van der Waals surface area contributed by atoms with Crippen molar-refractivity contribution in [1.82, 2.24) is 0 Å². The summed E-state index contributed by atoms with van der Waals surface area (Å²) in [5, 5.41) is 0. The van der Waals surface area contributed by atoms with Gasteiger partial charge in [0.15, 0.2) is 0 Å². The number of hydrogen-bond acceptors (Lipinski definition) is 4. The zero-order valence-electron chi connectivity index (χ0n) is 9.30. The molecule has 0 aliphatic heterocycles. The SMILES string of the molecule is CCC(N)CCOS(=O)(=O)c1ccccc1. The molecule has 0 heterocycles. The van der Waals surface area contributed by atoms with Gasteiger partial charge in [0.2, 0.25) is 0 Å². The lowest BCUT2D eigenvalue weighted by Gasteiger charge is -2.09. The van der Waals surface area contributed by atoms with Gasteiger partial charge in [0.05, 0.1) is 11.5 Å². The first-order chi connectivity index (χ1) is 7.56. The highest BCUT2D eigenvalue weighted by molar-refractivity contribution is 7.86. The van der Waals surface area contributed by atoms with E-state index in [1.807, 2.05) is 6.92 Å². The van der Waals surface area contributed by atoms with Crippen molar-refractivity contribution < 1.29 is 12.6 Å². The van der Waals surface area contributed by atoms with Crippen LogP contribution in [-0.4, -0.2) is 21.1 Å². The molecule has 0 bridgehead atoms. The first-order valence-electron chi connectivity index (χ1n) is 5.26. The fraction of sp³-hybridized carbons (Fsp3) is 0.455. The molecule has 0 spiro atoms. The zero-order valence-corrected chi connectivity index (χ0v) is 10.1. The van der Waals surface area contributed by atoms with E-state index >= 15 is 0 Å². The summed E-state index contributed by atoms with van der Waals surface area (Å²) in [6, 6.07) is 8.09. The minimum Gasteiger partial charge on any atom is -0.328 e. The summed E-state index contributed by atoms with van der Waals surface area (Å²) >= 11 is 0. The molecule has 1 rings (SSSR count). The molecule has 0 radical (unpaired) electrons. The van der Waals surface area contributed by atoms with E-state index in [2.05, 4.69) is 0 Å². The van der Waals surface area contributed by atoms with Gasteiger partial charge in [0, 0.05) is 6.04 Å². The second-order valence-electron chi connectivity index (χ2n) is 3.55. The van der Waals surface area contributed by atoms with Crippen LogP contribution in [0.15, 0.2) is 35.2 Å². The second-order valence-corrected chi connectivity index (χ2v) is 5.16. The van der Waals surface area contributed by atoms with E-state index in [0.29, 0.717) is 6.42 Å². The van der Waals surface area contributed by atoms with Crippen LogP contribution in [0.25, 0.3) is 0 Å². The molecule has 1 aromatic carbocycles. The van der Waals surface area contributed by atoms with Crippen LogP contribution in [-0.2, 0) is 14.3 Å². The number of nitrogens with two attached hydrogens (primary N) is 1. The van der Waals surface area contributed by atoms with E-state index < -0.39 is 10.1 Å². The first kappa shape index (κ1) is 13.2. The fourth-order valence-corrected chi connectivity index (χ4v) is 2.11. The Hall–Kier alpha value is -0.910. The van der Waals surface area contributed by atoms with Crippen LogP contribution in [0.1, 0.15) is 19.8 Å². The average molecular weight is 243 g/mol. The molecule has 90 valence electrons. The molecule has 16 heavy (non-hydrogen) atoms. The third-order valence-electron chi connectivity index (χ3n) is 2.28. The lowest BCUT2D eigenvalue weighted by Crippen LogP contribution is -2.21. The second kappa shape index (κ2) is 5.98. The Kier molecular flexibility index (Phi) is 4.92. The van der Waals surface area contributed by atoms with E-state index in [4.69, 9.17) is 9.92 Å². The van der Waals surface area contributed by atoms with Gasteiger partial charge < -0.3 is 5.73 Å². The van der Waals surface area contributed by atoms with Crippen LogP contribution in [0.3, 0.4) is 0 Å². The Balaban J connectivity index is 2.54. The van der Waals surface area contributed by atoms with Gasteiger partial charge in [0.1, 0.15) is 0 Å². The normalized spacial score (nSPS) is 13.6. The summed E-state index contributed by atoms with van der Waals surface area (Å²) in [4.78, 5) is 0.181. The van der Waals surface area contributed by atoms with Crippen molar-refractivity contribution in [3.05, 3.63) is 30.3 Å². The van der Waals surface area contributed by atoms with E-state index in [1.54, 1.807) is 18.2 Å². The van der Waals surface area contributed by atoms with Crippen molar-refractivity contribution in [2.75, 3.05) is 6.61 Å². The maximum atomic E-state index is 11.6. The Morgan fingerprint density at radius 1 is 1.31 bits per heavy atom. The smallest absolute Gasteiger partial charge is 0.296 e. The summed E-state index contributed by atoms with van der Waals surface area (Å²) in [5.41, 5.74) is 5.67. The lowest BCUT2D eigenvalue weighted by atomic mass is 10.2. The highest BCUT2D eigenvalue weighted by Gasteiger charge is 2.14. The predicted molar refractivity (Wildman–Crippen MR) is 62.5 cm³/mol. The standard InChI is InChI=1S/C11H17NO3S/c1-2-10(12)8-9-15-16(13,14)11-6-4-3-5-7-11/h3-7,10H,2,8-9,12H2,1H3. The number of benzene rings is 1. The third kappa shape index (κ3) is 3.92. The van der Waals surface area contributed by atoms with Crippen LogP contribution in [0.2, 0.25) is 0 Å². The molecule has 1 unspecified atom stereocenters. The molecule has 0 aliphatic rings. The molecule has 1 aromatic rings. The lowest BCUT2D eigenvalue weighted by molar-refractivity contribution is 0.298. The van der Waals surface area contributed by atoms with Crippen molar-refractivity contribution in [2.45, 2.75) is 30.7 Å². The van der Waals surface area contributed by atoms with E-state index in [0.717, 1.165) is 6.42 Å². The van der Waals surface area contributed by atoms with E-state index in [9.17, 15) is 8.42 Å². The summed E-state index contributed by atoms with van der Waals surface area (Å²) < 4.78 is 28.2. The Morgan fingerprint density at radius 3 is 2.50 bits per heavy atom. The quantitative estimate of drug-likeness (QED) is 0.769. The van der Waals surface area contributed by atoms with Gasteiger partial charge in [0.25, 0.3) is 10.1 Å². The molecule has 0 saturated heterocycles. The Labute approximate surface area is 96.5 Å². The van der Waals surface area contributed by atoms with Gasteiger partial charge in [-0.15, -0.1) is 0 Å². The van der Waals surface area contributed by atoms with Crippen LogP contribution in [0.5, 0.6) is 0 Å². The molecule has 1 atom stereocenters. The minimum atomic E-state index is -3.62. The molecule has 0 amide bonds. The molecular weight excluding hydrogens is 226 g/mol. The topological polar surface area (TPSA) is 69.4 Å². The molecule has 0 fully saturated rings. The van der Waals surface area contributed by atoms with E-state index in [1.165, 1.54) is 12.1 Å². The third-order valence-corrected chi connectivity index (χ3v) is 3.61. The monoisotopic (exact) mass is 243 g/mol. The van der Waals surface area contributed by atoms with Gasteiger partial charge in [-0.25, -0.2) is 0 Å². The minimum absolute atomic E-state index is 0.00836. The zero-order chi connectivity index (χ0) is 12.0. The van der Waals surface area contributed by atoms with Crippen molar-refractivity contribution >= 4 is 10.1 Å². The van der Waals surface area contributed by atoms with E-state index in [-0.39, 0.29) is 17.5 Å². The first-order valence-corrected chi connectivity index (χ1v) is 6.67. The largest absolute Gasteiger partial charge is 0.328 e. The van der Waals surface area contributed by atoms with Gasteiger partial charge in [-0.1, -0.05) is 25.1 Å². The Morgan fingerprint density at radius 2 is 1.94 bits per heavy atom. The van der Waals surface area contributed by atoms with Gasteiger partial charge in [-0.2, -0.15) is 8.42 Å². The fourth-order valence-electron chi connectivity index (χ4n) is 1.17. The number of rotatable bonds is 6. The average Bonchev–Trinajstić information content (AvgIpc) is 2.30. The highest BCUT2D eigenvalue weighted by Crippen LogP contribution is 2.11. The van der Waals surface area contributed by atoms with Crippen LogP contribution in [0.4, 0.5) is 0 Å². The van der Waals surface area contributed by atoms with Crippen molar-refractivity contribution in [2.24, 2.45) is 5.73 Å². The molecule has 0 saturated carbocycles. The maximum Gasteiger partial charge on any atom is 0.296 e. The molecule has 0 aromatic heterocycles. The Bertz CT molecular complexity index is 402. The van der Waals surface area contributed by atoms with Gasteiger partial charge in [-0.3, -0.25) is 4.18 Å². The molecule has 4 nitrogen and oxygen atoms in total.